The molecule has 0 bridgehead atoms. The van der Waals surface area contributed by atoms with Crippen molar-refractivity contribution >= 4 is 0 Å². The summed E-state index contributed by atoms with van der Waals surface area (Å²) in [5.74, 6) is 0. The summed E-state index contributed by atoms with van der Waals surface area (Å²) in [5.41, 5.74) is 0.201. The molecule has 0 aromatic rings. The summed E-state index contributed by atoms with van der Waals surface area (Å²) in [6.45, 7) is 1.61. The van der Waals surface area contributed by atoms with Gasteiger partial charge in [-0.2, -0.15) is 0 Å². The van der Waals surface area contributed by atoms with E-state index >= 15 is 0 Å². The van der Waals surface area contributed by atoms with Crippen LogP contribution in [0.1, 0.15) is 32.6 Å². The topological polar surface area (TPSA) is 41.2 Å². The molecule has 2 aliphatic rings. The van der Waals surface area contributed by atoms with Gasteiger partial charge < -0.3 is 4.74 Å². The lowest BCUT2D eigenvalue weighted by molar-refractivity contribution is -0.0374. The van der Waals surface area contributed by atoms with E-state index in [2.05, 4.69) is 5.32 Å². The van der Waals surface area contributed by atoms with Crippen molar-refractivity contribution in [2.24, 2.45) is 0 Å². The SMILES string of the molecule is CC([O])NC1CCC2(CC2)O1. The number of ether oxygens (including phenoxy) is 1. The molecule has 0 aromatic carbocycles. The van der Waals surface area contributed by atoms with Gasteiger partial charge >= 0.3 is 0 Å². The standard InChI is InChI=1S/C8H14NO2/c1-6(10)9-7-2-3-8(11-7)4-5-8/h6-7,9H,2-5H2,1H3. The van der Waals surface area contributed by atoms with E-state index in [9.17, 15) is 5.11 Å². The molecule has 0 amide bonds. The smallest absolute Gasteiger partial charge is 0.142 e. The third kappa shape index (κ3) is 1.55. The van der Waals surface area contributed by atoms with Gasteiger partial charge in [-0.1, -0.05) is 0 Å². The average Bonchev–Trinajstić information content (AvgIpc) is 2.51. The molecule has 2 atom stereocenters. The fourth-order valence-electron chi connectivity index (χ4n) is 1.70. The summed E-state index contributed by atoms with van der Waals surface area (Å²) in [6, 6.07) is 0. The fourth-order valence-corrected chi connectivity index (χ4v) is 1.70. The number of nitrogens with one attached hydrogen (secondary N) is 1. The van der Waals surface area contributed by atoms with Gasteiger partial charge in [-0.15, -0.1) is 0 Å². The Morgan fingerprint density at radius 1 is 1.55 bits per heavy atom. The molecule has 1 saturated carbocycles. The minimum absolute atomic E-state index is 0.0324. The highest BCUT2D eigenvalue weighted by atomic mass is 16.5. The van der Waals surface area contributed by atoms with Gasteiger partial charge in [-0.05, 0) is 32.6 Å². The van der Waals surface area contributed by atoms with E-state index in [1.54, 1.807) is 6.92 Å². The summed E-state index contributed by atoms with van der Waals surface area (Å²) in [6.07, 6.45) is 3.86. The second kappa shape index (κ2) is 2.44. The lowest BCUT2D eigenvalue weighted by Crippen LogP contribution is -2.35. The Kier molecular flexibility index (Phi) is 1.67. The van der Waals surface area contributed by atoms with Crippen LogP contribution in [-0.2, 0) is 9.84 Å². The molecule has 1 aliphatic carbocycles. The van der Waals surface area contributed by atoms with Crippen LogP contribution < -0.4 is 5.32 Å². The molecule has 2 fully saturated rings. The van der Waals surface area contributed by atoms with Crippen LogP contribution in [0.5, 0.6) is 0 Å². The van der Waals surface area contributed by atoms with Crippen LogP contribution in [0, 0.1) is 0 Å². The van der Waals surface area contributed by atoms with Crippen molar-refractivity contribution in [2.45, 2.75) is 50.7 Å². The van der Waals surface area contributed by atoms with Gasteiger partial charge in [0.2, 0.25) is 0 Å². The van der Waals surface area contributed by atoms with Crippen LogP contribution in [0.15, 0.2) is 0 Å². The van der Waals surface area contributed by atoms with Gasteiger partial charge in [0.25, 0.3) is 0 Å². The second-order valence-electron chi connectivity index (χ2n) is 3.64. The van der Waals surface area contributed by atoms with Gasteiger partial charge in [0.05, 0.1) is 5.60 Å². The summed E-state index contributed by atoms with van der Waals surface area (Å²) in [4.78, 5) is 0. The zero-order chi connectivity index (χ0) is 7.90. The number of hydrogen-bond acceptors (Lipinski definition) is 2. The minimum Gasteiger partial charge on any atom is -0.357 e. The van der Waals surface area contributed by atoms with Crippen molar-refractivity contribution < 1.29 is 9.84 Å². The fraction of sp³-hybridized carbons (Fsp3) is 1.00. The zero-order valence-corrected chi connectivity index (χ0v) is 6.80. The van der Waals surface area contributed by atoms with Gasteiger partial charge in [0.15, 0.2) is 0 Å². The van der Waals surface area contributed by atoms with Crippen LogP contribution in [0.25, 0.3) is 0 Å². The molecule has 1 heterocycles. The highest BCUT2D eigenvalue weighted by Crippen LogP contribution is 2.48. The zero-order valence-electron chi connectivity index (χ0n) is 6.80. The van der Waals surface area contributed by atoms with Crippen molar-refractivity contribution in [1.29, 1.82) is 0 Å². The van der Waals surface area contributed by atoms with E-state index in [1.165, 1.54) is 12.8 Å². The van der Waals surface area contributed by atoms with Crippen LogP contribution in [0.4, 0.5) is 0 Å². The molecule has 11 heavy (non-hydrogen) atoms. The summed E-state index contributed by atoms with van der Waals surface area (Å²) in [5, 5.41) is 13.6. The van der Waals surface area contributed by atoms with E-state index in [0.29, 0.717) is 0 Å². The summed E-state index contributed by atoms with van der Waals surface area (Å²) >= 11 is 0. The molecule has 1 saturated heterocycles. The Balaban J connectivity index is 1.80. The lowest BCUT2D eigenvalue weighted by atomic mass is 10.2. The van der Waals surface area contributed by atoms with E-state index in [4.69, 9.17) is 4.74 Å². The quantitative estimate of drug-likeness (QED) is 0.606. The van der Waals surface area contributed by atoms with E-state index in [1.807, 2.05) is 0 Å². The summed E-state index contributed by atoms with van der Waals surface area (Å²) < 4.78 is 5.66. The minimum atomic E-state index is -0.700. The van der Waals surface area contributed by atoms with Crippen molar-refractivity contribution in [3.8, 4) is 0 Å². The van der Waals surface area contributed by atoms with Gasteiger partial charge in [-0.25, -0.2) is 5.11 Å². The lowest BCUT2D eigenvalue weighted by Gasteiger charge is -2.14. The maximum absolute atomic E-state index is 10.7. The predicted octanol–water partition coefficient (Wildman–Crippen LogP) is 1.02. The largest absolute Gasteiger partial charge is 0.357 e. The third-order valence-corrected chi connectivity index (χ3v) is 2.48. The Labute approximate surface area is 66.7 Å². The molecule has 1 aliphatic heterocycles. The summed E-state index contributed by atoms with van der Waals surface area (Å²) in [7, 11) is 0. The Morgan fingerprint density at radius 3 is 2.73 bits per heavy atom. The Bertz CT molecular complexity index is 154. The number of rotatable bonds is 2. The molecule has 1 spiro atoms. The van der Waals surface area contributed by atoms with Gasteiger partial charge in [-0.3, -0.25) is 5.32 Å². The Morgan fingerprint density at radius 2 is 2.27 bits per heavy atom. The van der Waals surface area contributed by atoms with Crippen molar-refractivity contribution in [3.63, 3.8) is 0 Å². The van der Waals surface area contributed by atoms with E-state index in [-0.39, 0.29) is 11.8 Å². The molecular formula is C8H14NO2. The predicted molar refractivity (Wildman–Crippen MR) is 39.4 cm³/mol. The molecule has 63 valence electrons. The van der Waals surface area contributed by atoms with Crippen LogP contribution in [0.2, 0.25) is 0 Å². The van der Waals surface area contributed by atoms with E-state index in [0.717, 1.165) is 12.8 Å². The molecule has 3 heteroatoms. The first-order valence-electron chi connectivity index (χ1n) is 4.30. The Hall–Kier alpha value is -0.120. The first kappa shape index (κ1) is 7.53. The van der Waals surface area contributed by atoms with Crippen molar-refractivity contribution in [1.82, 2.24) is 5.32 Å². The maximum atomic E-state index is 10.7. The molecule has 3 nitrogen and oxygen atoms in total. The van der Waals surface area contributed by atoms with Crippen LogP contribution in [-0.4, -0.2) is 18.1 Å². The first-order chi connectivity index (χ1) is 5.20. The molecule has 1 N–H and O–H groups in total. The molecule has 2 rings (SSSR count). The normalized spacial score (nSPS) is 36.0. The molecule has 1 radical (unpaired) electrons. The van der Waals surface area contributed by atoms with Gasteiger partial charge in [0.1, 0.15) is 12.5 Å². The average molecular weight is 156 g/mol. The highest BCUT2D eigenvalue weighted by molar-refractivity contribution is 5.00. The first-order valence-corrected chi connectivity index (χ1v) is 4.30. The molecule has 2 unspecified atom stereocenters. The third-order valence-electron chi connectivity index (χ3n) is 2.48. The van der Waals surface area contributed by atoms with Crippen molar-refractivity contribution in [2.75, 3.05) is 0 Å². The number of hydrogen-bond donors (Lipinski definition) is 1. The van der Waals surface area contributed by atoms with Crippen LogP contribution >= 0.6 is 0 Å². The van der Waals surface area contributed by atoms with E-state index < -0.39 is 6.23 Å². The van der Waals surface area contributed by atoms with Gasteiger partial charge in [0, 0.05) is 0 Å². The van der Waals surface area contributed by atoms with Crippen LogP contribution in [0.3, 0.4) is 0 Å². The molecular weight excluding hydrogens is 142 g/mol. The monoisotopic (exact) mass is 156 g/mol. The highest BCUT2D eigenvalue weighted by Gasteiger charge is 2.49. The molecule has 0 aromatic heterocycles. The maximum Gasteiger partial charge on any atom is 0.142 e. The van der Waals surface area contributed by atoms with Crippen molar-refractivity contribution in [3.05, 3.63) is 0 Å². The second-order valence-corrected chi connectivity index (χ2v) is 3.64.